The van der Waals surface area contributed by atoms with Gasteiger partial charge in [-0.05, 0) is 43.0 Å². The number of halogens is 2. The molecule has 0 aliphatic heterocycles. The second-order valence-corrected chi connectivity index (χ2v) is 5.29. The van der Waals surface area contributed by atoms with Gasteiger partial charge in [0.05, 0.1) is 13.0 Å². The summed E-state index contributed by atoms with van der Waals surface area (Å²) >= 11 is 5.77. The molecule has 2 rings (SSSR count). The fourth-order valence-corrected chi connectivity index (χ4v) is 1.93. The van der Waals surface area contributed by atoms with Crippen molar-refractivity contribution >= 4 is 29.9 Å². The lowest BCUT2D eigenvalue weighted by Gasteiger charge is -2.11. The van der Waals surface area contributed by atoms with Crippen molar-refractivity contribution in [1.82, 2.24) is 5.32 Å². The van der Waals surface area contributed by atoms with Crippen LogP contribution in [0.1, 0.15) is 19.3 Å². The summed E-state index contributed by atoms with van der Waals surface area (Å²) in [6.45, 7) is 0.913. The Balaban J connectivity index is 0.00000200. The molecular weight excluding hydrogens is 299 g/mol. The summed E-state index contributed by atoms with van der Waals surface area (Å²) in [6, 6.07) is 7.17. The number of nitrogens with one attached hydrogen (secondary N) is 1. The number of hydrogen-bond donors (Lipinski definition) is 2. The van der Waals surface area contributed by atoms with Gasteiger partial charge in [0.15, 0.2) is 0 Å². The van der Waals surface area contributed by atoms with Crippen LogP contribution in [0.2, 0.25) is 5.02 Å². The molecule has 1 aliphatic rings. The second-order valence-electron chi connectivity index (χ2n) is 4.86. The molecule has 1 aromatic carbocycles. The minimum Gasteiger partial charge on any atom is -0.493 e. The normalized spacial score (nSPS) is 15.1. The number of benzene rings is 1. The lowest BCUT2D eigenvalue weighted by atomic mass is 10.2. The number of hydrogen-bond acceptors (Lipinski definition) is 3. The van der Waals surface area contributed by atoms with Crippen molar-refractivity contribution in [3.8, 4) is 5.75 Å². The van der Waals surface area contributed by atoms with Crippen molar-refractivity contribution in [1.29, 1.82) is 0 Å². The van der Waals surface area contributed by atoms with E-state index in [1.54, 1.807) is 24.3 Å². The molecule has 112 valence electrons. The second kappa shape index (κ2) is 8.35. The molecule has 20 heavy (non-hydrogen) atoms. The Morgan fingerprint density at radius 2 is 2.05 bits per heavy atom. The van der Waals surface area contributed by atoms with E-state index in [1.807, 2.05) is 0 Å². The van der Waals surface area contributed by atoms with Gasteiger partial charge in [-0.3, -0.25) is 4.79 Å². The molecule has 3 N–H and O–H groups in total. The molecule has 0 radical (unpaired) electrons. The first kappa shape index (κ1) is 17.1. The van der Waals surface area contributed by atoms with Gasteiger partial charge in [0.1, 0.15) is 5.75 Å². The standard InChI is InChI=1S/C14H19ClN2O2.ClH/c15-11-3-5-12(6-4-11)19-8-7-14(18)17-9-13(16)10-1-2-10;/h3-6,10,13H,1-2,7-9,16H2,(H,17,18);1H. The molecule has 0 saturated heterocycles. The molecule has 0 spiro atoms. The zero-order chi connectivity index (χ0) is 13.7. The van der Waals surface area contributed by atoms with E-state index in [1.165, 1.54) is 12.8 Å². The molecule has 1 fully saturated rings. The Hall–Kier alpha value is -0.970. The summed E-state index contributed by atoms with van der Waals surface area (Å²) in [5.74, 6) is 1.29. The number of carbonyl (C=O) groups is 1. The minimum atomic E-state index is -0.0231. The molecule has 0 aromatic heterocycles. The van der Waals surface area contributed by atoms with Crippen molar-refractivity contribution in [2.45, 2.75) is 25.3 Å². The smallest absolute Gasteiger partial charge is 0.223 e. The minimum absolute atomic E-state index is 0. The highest BCUT2D eigenvalue weighted by atomic mass is 35.5. The average Bonchev–Trinajstić information content (AvgIpc) is 3.23. The Kier molecular flexibility index (Phi) is 7.13. The van der Waals surface area contributed by atoms with Gasteiger partial charge < -0.3 is 15.8 Å². The number of nitrogens with two attached hydrogens (primary N) is 1. The first-order valence-corrected chi connectivity index (χ1v) is 6.93. The van der Waals surface area contributed by atoms with Crippen LogP contribution in [0.25, 0.3) is 0 Å². The average molecular weight is 319 g/mol. The number of amides is 1. The van der Waals surface area contributed by atoms with Crippen LogP contribution in [0.5, 0.6) is 5.75 Å². The van der Waals surface area contributed by atoms with Gasteiger partial charge in [-0.2, -0.15) is 0 Å². The monoisotopic (exact) mass is 318 g/mol. The Morgan fingerprint density at radius 3 is 2.65 bits per heavy atom. The zero-order valence-corrected chi connectivity index (χ0v) is 12.8. The lowest BCUT2D eigenvalue weighted by molar-refractivity contribution is -0.121. The van der Waals surface area contributed by atoms with Gasteiger partial charge >= 0.3 is 0 Å². The summed E-state index contributed by atoms with van der Waals surface area (Å²) in [6.07, 6.45) is 2.72. The topological polar surface area (TPSA) is 64.3 Å². The van der Waals surface area contributed by atoms with E-state index in [0.717, 1.165) is 0 Å². The molecule has 1 atom stereocenters. The number of carbonyl (C=O) groups excluding carboxylic acids is 1. The highest BCUT2D eigenvalue weighted by Gasteiger charge is 2.28. The number of rotatable bonds is 7. The van der Waals surface area contributed by atoms with Gasteiger partial charge in [-0.1, -0.05) is 11.6 Å². The zero-order valence-electron chi connectivity index (χ0n) is 11.2. The molecule has 4 nitrogen and oxygen atoms in total. The fraction of sp³-hybridized carbons (Fsp3) is 0.500. The van der Waals surface area contributed by atoms with E-state index >= 15 is 0 Å². The predicted octanol–water partition coefficient (Wildman–Crippen LogP) is 2.38. The maximum absolute atomic E-state index is 11.6. The SMILES string of the molecule is Cl.NC(CNC(=O)CCOc1ccc(Cl)cc1)C1CC1. The van der Waals surface area contributed by atoms with Crippen LogP contribution < -0.4 is 15.8 Å². The van der Waals surface area contributed by atoms with Crippen LogP contribution in [0, 0.1) is 5.92 Å². The fourth-order valence-electron chi connectivity index (χ4n) is 1.80. The molecule has 1 unspecified atom stereocenters. The van der Waals surface area contributed by atoms with Gasteiger partial charge in [-0.15, -0.1) is 12.4 Å². The van der Waals surface area contributed by atoms with E-state index in [-0.39, 0.29) is 24.4 Å². The molecule has 1 amide bonds. The van der Waals surface area contributed by atoms with Gasteiger partial charge in [0.25, 0.3) is 0 Å². The molecule has 6 heteroatoms. The van der Waals surface area contributed by atoms with Crippen LogP contribution in [0.15, 0.2) is 24.3 Å². The molecule has 1 aromatic rings. The van der Waals surface area contributed by atoms with E-state index in [4.69, 9.17) is 22.1 Å². The third-order valence-electron chi connectivity index (χ3n) is 3.17. The van der Waals surface area contributed by atoms with E-state index in [0.29, 0.717) is 36.3 Å². The summed E-state index contributed by atoms with van der Waals surface area (Å²) in [5.41, 5.74) is 5.90. The van der Waals surface area contributed by atoms with Crippen molar-refractivity contribution in [2.24, 2.45) is 11.7 Å². The van der Waals surface area contributed by atoms with Crippen LogP contribution in [-0.2, 0) is 4.79 Å². The third-order valence-corrected chi connectivity index (χ3v) is 3.43. The highest BCUT2D eigenvalue weighted by Crippen LogP contribution is 2.31. The Morgan fingerprint density at radius 1 is 1.40 bits per heavy atom. The first-order chi connectivity index (χ1) is 9.15. The molecule has 1 aliphatic carbocycles. The lowest BCUT2D eigenvalue weighted by Crippen LogP contribution is -2.38. The maximum Gasteiger partial charge on any atom is 0.223 e. The van der Waals surface area contributed by atoms with E-state index < -0.39 is 0 Å². The summed E-state index contributed by atoms with van der Waals surface area (Å²) < 4.78 is 5.45. The van der Waals surface area contributed by atoms with Gasteiger partial charge in [-0.25, -0.2) is 0 Å². The number of ether oxygens (including phenoxy) is 1. The Bertz CT molecular complexity index is 422. The molecule has 1 saturated carbocycles. The highest BCUT2D eigenvalue weighted by molar-refractivity contribution is 6.30. The Labute approximate surface area is 130 Å². The van der Waals surface area contributed by atoms with Crippen LogP contribution in [-0.4, -0.2) is 25.1 Å². The largest absolute Gasteiger partial charge is 0.493 e. The van der Waals surface area contributed by atoms with Crippen molar-refractivity contribution in [3.05, 3.63) is 29.3 Å². The maximum atomic E-state index is 11.6. The van der Waals surface area contributed by atoms with E-state index in [9.17, 15) is 4.79 Å². The van der Waals surface area contributed by atoms with Gasteiger partial charge in [0.2, 0.25) is 5.91 Å². The van der Waals surface area contributed by atoms with Crippen molar-refractivity contribution in [3.63, 3.8) is 0 Å². The third kappa shape index (κ3) is 5.99. The molecular formula is C14H20Cl2N2O2. The summed E-state index contributed by atoms with van der Waals surface area (Å²) in [7, 11) is 0. The van der Waals surface area contributed by atoms with E-state index in [2.05, 4.69) is 5.32 Å². The predicted molar refractivity (Wildman–Crippen MR) is 82.5 cm³/mol. The van der Waals surface area contributed by atoms with Gasteiger partial charge in [0, 0.05) is 17.6 Å². The molecule has 0 heterocycles. The van der Waals surface area contributed by atoms with Crippen molar-refractivity contribution < 1.29 is 9.53 Å². The van der Waals surface area contributed by atoms with Crippen molar-refractivity contribution in [2.75, 3.05) is 13.2 Å². The van der Waals surface area contributed by atoms with Crippen LogP contribution >= 0.6 is 24.0 Å². The quantitative estimate of drug-likeness (QED) is 0.811. The first-order valence-electron chi connectivity index (χ1n) is 6.56. The van der Waals surface area contributed by atoms with Crippen LogP contribution in [0.4, 0.5) is 0 Å². The van der Waals surface area contributed by atoms with Crippen LogP contribution in [0.3, 0.4) is 0 Å². The summed E-state index contributed by atoms with van der Waals surface area (Å²) in [4.78, 5) is 11.6. The molecule has 0 bridgehead atoms. The summed E-state index contributed by atoms with van der Waals surface area (Å²) in [5, 5.41) is 3.50.